The molecule has 3 atom stereocenters. The molecule has 2 heteroatoms. The first-order chi connectivity index (χ1) is 12.2. The van der Waals surface area contributed by atoms with Gasteiger partial charge in [0.15, 0.2) is 5.78 Å². The largest absolute Gasteiger partial charge is 0.292 e. The quantitative estimate of drug-likeness (QED) is 0.495. The van der Waals surface area contributed by atoms with Crippen LogP contribution in [0.4, 0.5) is 0 Å². The third-order valence-corrected chi connectivity index (χ3v) is 4.88. The standard InChI is InChI=1S/C23H21NO/c1-17-12-14-19(15-13-17)21-22(23(25)20-10-6-3-7-11-20)24(21)16-18-8-4-2-5-9-18/h2-15,21-22H,16H2,1H3. The molecule has 124 valence electrons. The second-order valence-corrected chi connectivity index (χ2v) is 6.69. The predicted molar refractivity (Wildman–Crippen MR) is 100 cm³/mol. The van der Waals surface area contributed by atoms with Gasteiger partial charge in [0.1, 0.15) is 0 Å². The van der Waals surface area contributed by atoms with Crippen LogP contribution in [-0.4, -0.2) is 16.7 Å². The first-order valence-corrected chi connectivity index (χ1v) is 8.69. The summed E-state index contributed by atoms with van der Waals surface area (Å²) >= 11 is 0. The minimum absolute atomic E-state index is 0.0784. The van der Waals surface area contributed by atoms with Crippen molar-refractivity contribution in [1.29, 1.82) is 0 Å². The van der Waals surface area contributed by atoms with E-state index in [4.69, 9.17) is 0 Å². The molecule has 1 saturated heterocycles. The normalized spacial score (nSPS) is 21.7. The summed E-state index contributed by atoms with van der Waals surface area (Å²) < 4.78 is 0. The number of rotatable bonds is 5. The predicted octanol–water partition coefficient (Wildman–Crippen LogP) is 4.80. The van der Waals surface area contributed by atoms with Crippen LogP contribution >= 0.6 is 0 Å². The van der Waals surface area contributed by atoms with Crippen molar-refractivity contribution in [2.24, 2.45) is 0 Å². The lowest BCUT2D eigenvalue weighted by Gasteiger charge is -2.05. The van der Waals surface area contributed by atoms with Gasteiger partial charge in [-0.2, -0.15) is 0 Å². The third-order valence-electron chi connectivity index (χ3n) is 4.88. The number of Topliss-reactive ketones (excluding diaryl/α,β-unsaturated/α-hetero) is 1. The molecule has 25 heavy (non-hydrogen) atoms. The van der Waals surface area contributed by atoms with Crippen LogP contribution in [0.25, 0.3) is 0 Å². The Hall–Kier alpha value is -2.71. The minimum atomic E-state index is -0.0784. The number of carbonyl (C=O) groups is 1. The zero-order valence-corrected chi connectivity index (χ0v) is 14.3. The average Bonchev–Trinajstić information content (AvgIpc) is 3.37. The molecule has 1 heterocycles. The summed E-state index contributed by atoms with van der Waals surface area (Å²) in [5.41, 5.74) is 4.49. The van der Waals surface area contributed by atoms with Crippen molar-refractivity contribution >= 4 is 5.78 Å². The SMILES string of the molecule is Cc1ccc(C2C(C(=O)c3ccccc3)N2Cc2ccccc2)cc1. The van der Waals surface area contributed by atoms with E-state index in [9.17, 15) is 4.79 Å². The van der Waals surface area contributed by atoms with Gasteiger partial charge in [0.05, 0.1) is 12.1 Å². The summed E-state index contributed by atoms with van der Waals surface area (Å²) in [4.78, 5) is 15.3. The minimum Gasteiger partial charge on any atom is -0.292 e. The van der Waals surface area contributed by atoms with E-state index in [0.29, 0.717) is 0 Å². The van der Waals surface area contributed by atoms with Crippen molar-refractivity contribution in [3.05, 3.63) is 107 Å². The van der Waals surface area contributed by atoms with Gasteiger partial charge in [-0.1, -0.05) is 90.5 Å². The smallest absolute Gasteiger partial charge is 0.181 e. The highest BCUT2D eigenvalue weighted by Gasteiger charge is 2.52. The molecule has 3 unspecified atom stereocenters. The Morgan fingerprint density at radius 1 is 0.840 bits per heavy atom. The van der Waals surface area contributed by atoms with Gasteiger partial charge in [0.2, 0.25) is 0 Å². The van der Waals surface area contributed by atoms with E-state index in [-0.39, 0.29) is 17.9 Å². The first kappa shape index (κ1) is 15.8. The average molecular weight is 327 g/mol. The maximum Gasteiger partial charge on any atom is 0.181 e. The molecule has 0 spiro atoms. The van der Waals surface area contributed by atoms with E-state index in [1.54, 1.807) is 0 Å². The zero-order chi connectivity index (χ0) is 17.2. The van der Waals surface area contributed by atoms with Crippen molar-refractivity contribution in [3.8, 4) is 0 Å². The van der Waals surface area contributed by atoms with Crippen LogP contribution in [0.15, 0.2) is 84.9 Å². The molecule has 4 rings (SSSR count). The van der Waals surface area contributed by atoms with Gasteiger partial charge in [-0.3, -0.25) is 9.69 Å². The number of hydrogen-bond acceptors (Lipinski definition) is 2. The maximum absolute atomic E-state index is 13.0. The lowest BCUT2D eigenvalue weighted by molar-refractivity contribution is 0.0973. The van der Waals surface area contributed by atoms with Crippen LogP contribution in [0, 0.1) is 6.92 Å². The molecule has 0 saturated carbocycles. The van der Waals surface area contributed by atoms with Crippen molar-refractivity contribution in [1.82, 2.24) is 4.90 Å². The molecule has 0 radical (unpaired) electrons. The second kappa shape index (κ2) is 6.66. The lowest BCUT2D eigenvalue weighted by Crippen LogP contribution is -2.13. The highest BCUT2D eigenvalue weighted by Crippen LogP contribution is 2.46. The van der Waals surface area contributed by atoms with Gasteiger partial charge >= 0.3 is 0 Å². The van der Waals surface area contributed by atoms with E-state index in [0.717, 1.165) is 12.1 Å². The number of hydrogen-bond donors (Lipinski definition) is 0. The van der Waals surface area contributed by atoms with Gasteiger partial charge in [-0.15, -0.1) is 0 Å². The Kier molecular flexibility index (Phi) is 4.21. The van der Waals surface area contributed by atoms with E-state index in [2.05, 4.69) is 48.2 Å². The Balaban J connectivity index is 1.62. The summed E-state index contributed by atoms with van der Waals surface area (Å²) in [5.74, 6) is 0.210. The van der Waals surface area contributed by atoms with Crippen LogP contribution in [0.2, 0.25) is 0 Å². The van der Waals surface area contributed by atoms with Crippen LogP contribution in [-0.2, 0) is 6.54 Å². The van der Waals surface area contributed by atoms with Crippen molar-refractivity contribution in [2.75, 3.05) is 0 Å². The summed E-state index contributed by atoms with van der Waals surface area (Å²) in [5, 5.41) is 0. The van der Waals surface area contributed by atoms with Gasteiger partial charge in [0.25, 0.3) is 0 Å². The fourth-order valence-electron chi connectivity index (χ4n) is 3.47. The summed E-state index contributed by atoms with van der Waals surface area (Å²) in [6.45, 7) is 2.88. The maximum atomic E-state index is 13.0. The summed E-state index contributed by atoms with van der Waals surface area (Å²) in [7, 11) is 0. The Morgan fingerprint density at radius 2 is 1.44 bits per heavy atom. The van der Waals surface area contributed by atoms with E-state index in [1.807, 2.05) is 48.5 Å². The second-order valence-electron chi connectivity index (χ2n) is 6.69. The lowest BCUT2D eigenvalue weighted by atomic mass is 10.0. The fraction of sp³-hybridized carbons (Fsp3) is 0.174. The molecule has 0 N–H and O–H groups in total. The van der Waals surface area contributed by atoms with Crippen molar-refractivity contribution in [2.45, 2.75) is 25.6 Å². The molecule has 1 fully saturated rings. The molecule has 0 bridgehead atoms. The van der Waals surface area contributed by atoms with Gasteiger partial charge in [0, 0.05) is 12.1 Å². The van der Waals surface area contributed by atoms with Gasteiger partial charge < -0.3 is 0 Å². The zero-order valence-electron chi connectivity index (χ0n) is 14.3. The van der Waals surface area contributed by atoms with Gasteiger partial charge in [-0.25, -0.2) is 0 Å². The van der Waals surface area contributed by atoms with Crippen molar-refractivity contribution < 1.29 is 4.79 Å². The molecular formula is C23H21NO. The molecule has 2 nitrogen and oxygen atoms in total. The molecule has 1 aliphatic rings. The monoisotopic (exact) mass is 327 g/mol. The Morgan fingerprint density at radius 3 is 2.08 bits per heavy atom. The summed E-state index contributed by atoms with van der Waals surface area (Å²) in [6.07, 6.45) is 0. The molecule has 0 amide bonds. The number of ketones is 1. The molecule has 3 aromatic rings. The van der Waals surface area contributed by atoms with Crippen LogP contribution in [0.3, 0.4) is 0 Å². The molecule has 0 aliphatic carbocycles. The van der Waals surface area contributed by atoms with E-state index >= 15 is 0 Å². The number of benzene rings is 3. The topological polar surface area (TPSA) is 20.1 Å². The first-order valence-electron chi connectivity index (χ1n) is 8.69. The molecule has 1 aliphatic heterocycles. The van der Waals surface area contributed by atoms with Crippen LogP contribution in [0.1, 0.15) is 33.1 Å². The molecular weight excluding hydrogens is 306 g/mol. The van der Waals surface area contributed by atoms with E-state index < -0.39 is 0 Å². The molecule has 0 aromatic heterocycles. The van der Waals surface area contributed by atoms with Crippen LogP contribution < -0.4 is 0 Å². The molecule has 3 aromatic carbocycles. The highest BCUT2D eigenvalue weighted by atomic mass is 16.1. The Labute approximate surface area is 148 Å². The Bertz CT molecular complexity index is 856. The number of carbonyl (C=O) groups excluding carboxylic acids is 1. The van der Waals surface area contributed by atoms with Gasteiger partial charge in [-0.05, 0) is 18.1 Å². The summed E-state index contributed by atoms with van der Waals surface area (Å²) in [6, 6.07) is 28.6. The number of aryl methyl sites for hydroxylation is 1. The number of nitrogens with zero attached hydrogens (tertiary/aromatic N) is 1. The highest BCUT2D eigenvalue weighted by molar-refractivity contribution is 6.02. The fourth-order valence-corrected chi connectivity index (χ4v) is 3.47. The van der Waals surface area contributed by atoms with Crippen LogP contribution in [0.5, 0.6) is 0 Å². The van der Waals surface area contributed by atoms with Crippen molar-refractivity contribution in [3.63, 3.8) is 0 Å². The van der Waals surface area contributed by atoms with E-state index in [1.165, 1.54) is 16.7 Å². The third kappa shape index (κ3) is 3.26.